The first kappa shape index (κ1) is 13.1. The van der Waals surface area contributed by atoms with Gasteiger partial charge in [0.2, 0.25) is 0 Å². The number of alkyl halides is 3. The van der Waals surface area contributed by atoms with Crippen LogP contribution in [0.3, 0.4) is 0 Å². The highest BCUT2D eigenvalue weighted by atomic mass is 79.9. The summed E-state index contributed by atoms with van der Waals surface area (Å²) in [5, 5.41) is 10.6. The molecule has 1 aliphatic rings. The standard InChI is InChI=1S/C10H7BrF3NO3/c11-9-6(15(16)17)3-4-7(18-5-1-2-5)8(9)10(12,13)14/h3-5H,1-2H2. The van der Waals surface area contributed by atoms with E-state index >= 15 is 0 Å². The van der Waals surface area contributed by atoms with Crippen LogP contribution in [-0.2, 0) is 6.18 Å². The fourth-order valence-electron chi connectivity index (χ4n) is 1.42. The van der Waals surface area contributed by atoms with Crippen molar-refractivity contribution in [2.24, 2.45) is 0 Å². The molecule has 0 saturated heterocycles. The Morgan fingerprint density at radius 1 is 1.39 bits per heavy atom. The molecule has 0 aliphatic heterocycles. The fourth-order valence-corrected chi connectivity index (χ4v) is 2.11. The van der Waals surface area contributed by atoms with Gasteiger partial charge < -0.3 is 4.74 Å². The molecule has 98 valence electrons. The molecule has 1 saturated carbocycles. The van der Waals surface area contributed by atoms with Gasteiger partial charge in [-0.2, -0.15) is 13.2 Å². The smallest absolute Gasteiger partial charge is 0.421 e. The van der Waals surface area contributed by atoms with E-state index in [1.54, 1.807) is 0 Å². The Bertz CT molecular complexity index is 500. The zero-order chi connectivity index (χ0) is 13.5. The zero-order valence-electron chi connectivity index (χ0n) is 8.83. The number of nitrogens with zero attached hydrogens (tertiary/aromatic N) is 1. The van der Waals surface area contributed by atoms with E-state index in [0.717, 1.165) is 12.1 Å². The predicted molar refractivity (Wildman–Crippen MR) is 59.4 cm³/mol. The third-order valence-corrected chi connectivity index (χ3v) is 3.18. The number of hydrogen-bond acceptors (Lipinski definition) is 3. The molecule has 2 rings (SSSR count). The lowest BCUT2D eigenvalue weighted by atomic mass is 10.1. The Morgan fingerprint density at radius 3 is 2.44 bits per heavy atom. The van der Waals surface area contributed by atoms with E-state index in [1.165, 1.54) is 0 Å². The Labute approximate surface area is 108 Å². The second-order valence-corrected chi connectivity index (χ2v) is 4.64. The molecule has 0 heterocycles. The lowest BCUT2D eigenvalue weighted by molar-refractivity contribution is -0.386. The van der Waals surface area contributed by atoms with Gasteiger partial charge in [0, 0.05) is 6.07 Å². The number of benzene rings is 1. The Morgan fingerprint density at radius 2 is 2.00 bits per heavy atom. The lowest BCUT2D eigenvalue weighted by Gasteiger charge is -2.15. The van der Waals surface area contributed by atoms with Crippen molar-refractivity contribution < 1.29 is 22.8 Å². The van der Waals surface area contributed by atoms with Gasteiger partial charge in [-0.05, 0) is 34.8 Å². The summed E-state index contributed by atoms with van der Waals surface area (Å²) in [5.74, 6) is -0.373. The number of ether oxygens (including phenoxy) is 1. The third-order valence-electron chi connectivity index (χ3n) is 2.38. The predicted octanol–water partition coefficient (Wildman–Crippen LogP) is 3.92. The van der Waals surface area contributed by atoms with Gasteiger partial charge in [-0.1, -0.05) is 0 Å². The molecule has 1 aliphatic carbocycles. The van der Waals surface area contributed by atoms with Gasteiger partial charge in [0.15, 0.2) is 0 Å². The topological polar surface area (TPSA) is 52.4 Å². The molecule has 1 fully saturated rings. The maximum atomic E-state index is 12.9. The Hall–Kier alpha value is -1.31. The van der Waals surface area contributed by atoms with E-state index in [9.17, 15) is 23.3 Å². The van der Waals surface area contributed by atoms with Crippen molar-refractivity contribution in [1.82, 2.24) is 0 Å². The summed E-state index contributed by atoms with van der Waals surface area (Å²) in [7, 11) is 0. The third kappa shape index (κ3) is 2.58. The average molecular weight is 326 g/mol. The molecule has 8 heteroatoms. The maximum Gasteiger partial charge on any atom is 0.421 e. The quantitative estimate of drug-likeness (QED) is 0.625. The molecule has 0 bridgehead atoms. The van der Waals surface area contributed by atoms with Gasteiger partial charge in [0.1, 0.15) is 15.8 Å². The highest BCUT2D eigenvalue weighted by Gasteiger charge is 2.41. The van der Waals surface area contributed by atoms with Crippen molar-refractivity contribution in [3.63, 3.8) is 0 Å². The van der Waals surface area contributed by atoms with Crippen LogP contribution in [0.2, 0.25) is 0 Å². The van der Waals surface area contributed by atoms with Crippen LogP contribution >= 0.6 is 15.9 Å². The van der Waals surface area contributed by atoms with E-state index in [-0.39, 0.29) is 11.9 Å². The summed E-state index contributed by atoms with van der Waals surface area (Å²) in [4.78, 5) is 9.74. The molecule has 4 nitrogen and oxygen atoms in total. The molecule has 0 atom stereocenters. The summed E-state index contributed by atoms with van der Waals surface area (Å²) in [6.07, 6.45) is -3.54. The summed E-state index contributed by atoms with van der Waals surface area (Å²) < 4.78 is 43.2. The Balaban J connectivity index is 2.53. The molecular formula is C10H7BrF3NO3. The van der Waals surface area contributed by atoms with Crippen LogP contribution in [0.4, 0.5) is 18.9 Å². The van der Waals surface area contributed by atoms with E-state index in [4.69, 9.17) is 4.74 Å². The zero-order valence-corrected chi connectivity index (χ0v) is 10.4. The fraction of sp³-hybridized carbons (Fsp3) is 0.400. The van der Waals surface area contributed by atoms with E-state index in [1.807, 2.05) is 0 Å². The Kier molecular flexibility index (Phi) is 3.22. The van der Waals surface area contributed by atoms with Gasteiger partial charge in [0.25, 0.3) is 5.69 Å². The van der Waals surface area contributed by atoms with Crippen molar-refractivity contribution in [1.29, 1.82) is 0 Å². The molecule has 1 aromatic carbocycles. The van der Waals surface area contributed by atoms with Crippen LogP contribution < -0.4 is 4.74 Å². The molecular weight excluding hydrogens is 319 g/mol. The van der Waals surface area contributed by atoms with Crippen molar-refractivity contribution in [2.45, 2.75) is 25.1 Å². The van der Waals surface area contributed by atoms with Crippen molar-refractivity contribution in [3.05, 3.63) is 32.3 Å². The van der Waals surface area contributed by atoms with Crippen molar-refractivity contribution in [3.8, 4) is 5.75 Å². The number of hydrogen-bond donors (Lipinski definition) is 0. The number of rotatable bonds is 3. The molecule has 0 radical (unpaired) electrons. The second kappa shape index (κ2) is 4.42. The van der Waals surface area contributed by atoms with Crippen LogP contribution in [0, 0.1) is 10.1 Å². The van der Waals surface area contributed by atoms with Gasteiger partial charge in [0.05, 0.1) is 11.0 Å². The van der Waals surface area contributed by atoms with E-state index < -0.39 is 26.8 Å². The first-order chi connectivity index (χ1) is 8.30. The maximum absolute atomic E-state index is 12.9. The summed E-state index contributed by atoms with van der Waals surface area (Å²) in [6, 6.07) is 1.99. The molecule has 0 N–H and O–H groups in total. The highest BCUT2D eigenvalue weighted by Crippen LogP contribution is 2.46. The van der Waals surface area contributed by atoms with E-state index in [0.29, 0.717) is 12.8 Å². The minimum absolute atomic E-state index is 0.223. The molecule has 18 heavy (non-hydrogen) atoms. The normalized spacial score (nSPS) is 15.6. The highest BCUT2D eigenvalue weighted by molar-refractivity contribution is 9.10. The minimum atomic E-state index is -4.71. The van der Waals surface area contributed by atoms with Crippen molar-refractivity contribution >= 4 is 21.6 Å². The monoisotopic (exact) mass is 325 g/mol. The summed E-state index contributed by atoms with van der Waals surface area (Å²) in [6.45, 7) is 0. The molecule has 0 spiro atoms. The van der Waals surface area contributed by atoms with Crippen LogP contribution in [-0.4, -0.2) is 11.0 Å². The van der Waals surface area contributed by atoms with Gasteiger partial charge in [-0.15, -0.1) is 0 Å². The van der Waals surface area contributed by atoms with Crippen molar-refractivity contribution in [2.75, 3.05) is 0 Å². The average Bonchev–Trinajstić information content (AvgIpc) is 2.98. The number of halogens is 4. The first-order valence-electron chi connectivity index (χ1n) is 5.01. The van der Waals surface area contributed by atoms with Gasteiger partial charge in [-0.25, -0.2) is 0 Å². The molecule has 0 unspecified atom stereocenters. The van der Waals surface area contributed by atoms with E-state index in [2.05, 4.69) is 15.9 Å². The van der Waals surface area contributed by atoms with Gasteiger partial charge >= 0.3 is 6.18 Å². The molecule has 0 amide bonds. The van der Waals surface area contributed by atoms with Crippen LogP contribution in [0.5, 0.6) is 5.75 Å². The number of nitro benzene ring substituents is 1. The second-order valence-electron chi connectivity index (χ2n) is 3.84. The number of nitro groups is 1. The van der Waals surface area contributed by atoms with Crippen LogP contribution in [0.1, 0.15) is 18.4 Å². The lowest BCUT2D eigenvalue weighted by Crippen LogP contribution is -2.11. The summed E-state index contributed by atoms with van der Waals surface area (Å²) in [5.41, 5.74) is -1.77. The largest absolute Gasteiger partial charge is 0.490 e. The minimum Gasteiger partial charge on any atom is -0.490 e. The van der Waals surface area contributed by atoms with Crippen LogP contribution in [0.15, 0.2) is 16.6 Å². The van der Waals surface area contributed by atoms with Crippen LogP contribution in [0.25, 0.3) is 0 Å². The first-order valence-corrected chi connectivity index (χ1v) is 5.80. The molecule has 0 aromatic heterocycles. The van der Waals surface area contributed by atoms with Gasteiger partial charge in [-0.3, -0.25) is 10.1 Å². The molecule has 1 aromatic rings. The summed E-state index contributed by atoms with van der Waals surface area (Å²) >= 11 is 2.64. The SMILES string of the molecule is O=[N+]([O-])c1ccc(OC2CC2)c(C(F)(F)F)c1Br.